The quantitative estimate of drug-likeness (QED) is 0.481. The summed E-state index contributed by atoms with van der Waals surface area (Å²) < 4.78 is 13.7. The Balaban J connectivity index is 2.56. The molecule has 0 aliphatic rings. The summed E-state index contributed by atoms with van der Waals surface area (Å²) in [5.74, 6) is -0.670. The molecule has 1 aromatic carbocycles. The standard InChI is InChI=1S/C16H14ClFN4O2/c1-4-10(5-12(17)9(2)3)21-16-11-6-15(22(23)24)13(18)7-14(11)19-8-20-16/h4-8H,1H2,2-3H3,(H,19,20,21)/b10-5+. The van der Waals surface area contributed by atoms with Crippen molar-refractivity contribution in [3.05, 3.63) is 69.4 Å². The Morgan fingerprint density at radius 1 is 1.42 bits per heavy atom. The molecular weight excluding hydrogens is 335 g/mol. The summed E-state index contributed by atoms with van der Waals surface area (Å²) in [4.78, 5) is 18.1. The molecule has 1 aromatic heterocycles. The largest absolute Gasteiger partial charge is 0.340 e. The number of rotatable bonds is 5. The summed E-state index contributed by atoms with van der Waals surface area (Å²) >= 11 is 6.11. The van der Waals surface area contributed by atoms with Crippen molar-refractivity contribution < 1.29 is 9.31 Å². The first-order valence-corrected chi connectivity index (χ1v) is 7.24. The minimum Gasteiger partial charge on any atom is -0.340 e. The molecular formula is C16H14ClFN4O2. The number of fused-ring (bicyclic) bond motifs is 1. The second kappa shape index (κ2) is 7.18. The molecule has 1 N–H and O–H groups in total. The van der Waals surface area contributed by atoms with E-state index in [0.29, 0.717) is 16.1 Å². The van der Waals surface area contributed by atoms with Gasteiger partial charge in [-0.05, 0) is 26.0 Å². The number of nitro groups is 1. The Hall–Kier alpha value is -2.80. The molecule has 1 heterocycles. The van der Waals surface area contributed by atoms with Gasteiger partial charge >= 0.3 is 5.69 Å². The normalized spacial score (nSPS) is 11.2. The van der Waals surface area contributed by atoms with E-state index in [4.69, 9.17) is 11.6 Å². The van der Waals surface area contributed by atoms with Crippen molar-refractivity contribution in [1.82, 2.24) is 9.97 Å². The highest BCUT2D eigenvalue weighted by atomic mass is 35.5. The summed E-state index contributed by atoms with van der Waals surface area (Å²) in [5, 5.41) is 14.7. The maximum Gasteiger partial charge on any atom is 0.305 e. The molecule has 8 heteroatoms. The van der Waals surface area contributed by atoms with Gasteiger partial charge < -0.3 is 5.32 Å². The summed E-state index contributed by atoms with van der Waals surface area (Å²) in [6.07, 6.45) is 4.41. The van der Waals surface area contributed by atoms with Gasteiger partial charge in [-0.1, -0.05) is 23.8 Å². The fourth-order valence-electron chi connectivity index (χ4n) is 1.87. The molecule has 6 nitrogen and oxygen atoms in total. The lowest BCUT2D eigenvalue weighted by Gasteiger charge is -2.09. The second-order valence-corrected chi connectivity index (χ2v) is 5.48. The molecule has 0 atom stereocenters. The van der Waals surface area contributed by atoms with Crippen LogP contribution in [0.2, 0.25) is 0 Å². The van der Waals surface area contributed by atoms with E-state index < -0.39 is 16.4 Å². The number of aromatic nitrogens is 2. The lowest BCUT2D eigenvalue weighted by molar-refractivity contribution is -0.387. The van der Waals surface area contributed by atoms with Crippen LogP contribution in [0.4, 0.5) is 15.9 Å². The van der Waals surface area contributed by atoms with Crippen LogP contribution >= 0.6 is 11.6 Å². The molecule has 0 amide bonds. The Morgan fingerprint density at radius 2 is 2.12 bits per heavy atom. The van der Waals surface area contributed by atoms with Crippen LogP contribution in [-0.2, 0) is 0 Å². The predicted octanol–water partition coefficient (Wildman–Crippen LogP) is 4.69. The number of benzene rings is 1. The van der Waals surface area contributed by atoms with Gasteiger partial charge in [-0.3, -0.25) is 10.1 Å². The van der Waals surface area contributed by atoms with Crippen LogP contribution in [-0.4, -0.2) is 14.9 Å². The van der Waals surface area contributed by atoms with Crippen molar-refractivity contribution in [3.8, 4) is 0 Å². The van der Waals surface area contributed by atoms with Crippen LogP contribution < -0.4 is 5.32 Å². The molecule has 2 rings (SSSR count). The van der Waals surface area contributed by atoms with Crippen LogP contribution in [0.25, 0.3) is 10.9 Å². The number of hydrogen-bond acceptors (Lipinski definition) is 5. The summed E-state index contributed by atoms with van der Waals surface area (Å²) in [6, 6.07) is 2.09. The van der Waals surface area contributed by atoms with Gasteiger partial charge in [-0.15, -0.1) is 0 Å². The van der Waals surface area contributed by atoms with E-state index >= 15 is 0 Å². The third-order valence-corrected chi connectivity index (χ3v) is 3.63. The van der Waals surface area contributed by atoms with Crippen LogP contribution in [0.5, 0.6) is 0 Å². The van der Waals surface area contributed by atoms with Crippen LogP contribution in [0.1, 0.15) is 13.8 Å². The van der Waals surface area contributed by atoms with Gasteiger partial charge in [0.1, 0.15) is 12.1 Å². The van der Waals surface area contributed by atoms with Crippen LogP contribution in [0.15, 0.2) is 53.5 Å². The van der Waals surface area contributed by atoms with Crippen molar-refractivity contribution >= 4 is 34.0 Å². The lowest BCUT2D eigenvalue weighted by Crippen LogP contribution is -2.02. The first-order valence-electron chi connectivity index (χ1n) is 6.86. The fourth-order valence-corrected chi connectivity index (χ4v) is 1.99. The third kappa shape index (κ3) is 3.75. The SMILES string of the molecule is C=C/C(=C\C(Cl)=C(C)C)Nc1ncnc2cc(F)c([N+](=O)[O-])cc12. The monoisotopic (exact) mass is 348 g/mol. The van der Waals surface area contributed by atoms with Gasteiger partial charge in [-0.2, -0.15) is 4.39 Å². The smallest absolute Gasteiger partial charge is 0.305 e. The zero-order chi connectivity index (χ0) is 17.9. The minimum absolute atomic E-state index is 0.243. The van der Waals surface area contributed by atoms with E-state index in [-0.39, 0.29) is 11.3 Å². The van der Waals surface area contributed by atoms with Crippen molar-refractivity contribution in [2.45, 2.75) is 13.8 Å². The van der Waals surface area contributed by atoms with Crippen LogP contribution in [0, 0.1) is 15.9 Å². The van der Waals surface area contributed by atoms with Gasteiger partial charge in [0, 0.05) is 22.9 Å². The summed E-state index contributed by atoms with van der Waals surface area (Å²) in [5.41, 5.74) is 1.04. The summed E-state index contributed by atoms with van der Waals surface area (Å²) in [7, 11) is 0. The zero-order valence-electron chi connectivity index (χ0n) is 13.0. The molecule has 0 bridgehead atoms. The van der Waals surface area contributed by atoms with E-state index in [9.17, 15) is 14.5 Å². The van der Waals surface area contributed by atoms with Crippen molar-refractivity contribution in [2.24, 2.45) is 0 Å². The minimum atomic E-state index is -0.954. The molecule has 0 radical (unpaired) electrons. The van der Waals surface area contributed by atoms with Crippen molar-refractivity contribution in [1.29, 1.82) is 0 Å². The Morgan fingerprint density at radius 3 is 2.71 bits per heavy atom. The molecule has 24 heavy (non-hydrogen) atoms. The number of nitro benzene ring substituents is 1. The van der Waals surface area contributed by atoms with E-state index in [1.807, 2.05) is 13.8 Å². The molecule has 0 unspecified atom stereocenters. The van der Waals surface area contributed by atoms with E-state index in [2.05, 4.69) is 21.9 Å². The van der Waals surface area contributed by atoms with Gasteiger partial charge in [0.2, 0.25) is 5.82 Å². The number of allylic oxidation sites excluding steroid dienone is 4. The molecule has 0 aliphatic carbocycles. The van der Waals surface area contributed by atoms with E-state index in [1.165, 1.54) is 12.4 Å². The molecule has 0 saturated heterocycles. The van der Waals surface area contributed by atoms with Crippen LogP contribution in [0.3, 0.4) is 0 Å². The van der Waals surface area contributed by atoms with Crippen molar-refractivity contribution in [2.75, 3.05) is 5.32 Å². The van der Waals surface area contributed by atoms with E-state index in [1.54, 1.807) is 6.08 Å². The molecule has 124 valence electrons. The molecule has 2 aromatic rings. The Labute approximate surface area is 142 Å². The van der Waals surface area contributed by atoms with Gasteiger partial charge in [0.05, 0.1) is 15.8 Å². The Bertz CT molecular complexity index is 889. The number of halogens is 2. The maximum absolute atomic E-state index is 13.7. The average molecular weight is 349 g/mol. The Kier molecular flexibility index (Phi) is 5.25. The lowest BCUT2D eigenvalue weighted by atomic mass is 10.2. The second-order valence-electron chi connectivity index (χ2n) is 5.08. The van der Waals surface area contributed by atoms with E-state index in [0.717, 1.165) is 17.7 Å². The number of anilines is 1. The molecule has 0 spiro atoms. The highest BCUT2D eigenvalue weighted by molar-refractivity contribution is 6.31. The fraction of sp³-hybridized carbons (Fsp3) is 0.125. The summed E-state index contributed by atoms with van der Waals surface area (Å²) in [6.45, 7) is 7.39. The first-order chi connectivity index (χ1) is 11.3. The van der Waals surface area contributed by atoms with Gasteiger partial charge in [0.25, 0.3) is 0 Å². The number of nitrogens with one attached hydrogen (secondary N) is 1. The molecule has 0 aliphatic heterocycles. The highest BCUT2D eigenvalue weighted by Gasteiger charge is 2.17. The topological polar surface area (TPSA) is 81.0 Å². The predicted molar refractivity (Wildman–Crippen MR) is 92.3 cm³/mol. The number of hydrogen-bond donors (Lipinski definition) is 1. The number of nitrogens with zero attached hydrogens (tertiary/aromatic N) is 3. The maximum atomic E-state index is 13.7. The zero-order valence-corrected chi connectivity index (χ0v) is 13.8. The van der Waals surface area contributed by atoms with Crippen molar-refractivity contribution in [3.63, 3.8) is 0 Å². The van der Waals surface area contributed by atoms with Gasteiger partial charge in [-0.25, -0.2) is 9.97 Å². The van der Waals surface area contributed by atoms with Gasteiger partial charge in [0.15, 0.2) is 0 Å². The molecule has 0 fully saturated rings. The third-order valence-electron chi connectivity index (χ3n) is 3.14. The molecule has 0 saturated carbocycles. The first kappa shape index (κ1) is 17.6. The average Bonchev–Trinajstić information content (AvgIpc) is 2.53. The highest BCUT2D eigenvalue weighted by Crippen LogP contribution is 2.28.